The maximum atomic E-state index is 11.9. The van der Waals surface area contributed by atoms with Crippen LogP contribution in [0.3, 0.4) is 0 Å². The summed E-state index contributed by atoms with van der Waals surface area (Å²) in [6.45, 7) is 2.12. The van der Waals surface area contributed by atoms with E-state index in [4.69, 9.17) is 16.1 Å². The molecule has 4 nitrogen and oxygen atoms in total. The van der Waals surface area contributed by atoms with Crippen LogP contribution < -0.4 is 5.32 Å². The van der Waals surface area contributed by atoms with Crippen molar-refractivity contribution in [1.29, 1.82) is 0 Å². The average molecular weight is 330 g/mol. The molecule has 0 aliphatic carbocycles. The van der Waals surface area contributed by atoms with Gasteiger partial charge in [-0.25, -0.2) is 0 Å². The van der Waals surface area contributed by atoms with Crippen LogP contribution in [0.2, 0.25) is 5.02 Å². The molecule has 0 unspecified atom stereocenters. The second-order valence-corrected chi connectivity index (χ2v) is 5.13. The van der Waals surface area contributed by atoms with Crippen LogP contribution in [0.15, 0.2) is 33.3 Å². The molecule has 0 bridgehead atoms. The quantitative estimate of drug-likeness (QED) is 0.939. The van der Waals surface area contributed by atoms with Crippen molar-refractivity contribution in [1.82, 2.24) is 10.5 Å². The molecule has 6 heteroatoms. The van der Waals surface area contributed by atoms with Crippen LogP contribution in [0.4, 0.5) is 0 Å². The van der Waals surface area contributed by atoms with Crippen molar-refractivity contribution in [3.05, 3.63) is 50.8 Å². The number of benzene rings is 1. The minimum atomic E-state index is -0.216. The number of amides is 1. The van der Waals surface area contributed by atoms with E-state index in [1.807, 2.05) is 6.92 Å². The molecule has 1 amide bonds. The van der Waals surface area contributed by atoms with Gasteiger partial charge in [-0.3, -0.25) is 4.79 Å². The number of nitrogens with zero attached hydrogens (tertiary/aromatic N) is 1. The molecule has 1 heterocycles. The van der Waals surface area contributed by atoms with Gasteiger partial charge in [0, 0.05) is 21.1 Å². The predicted molar refractivity (Wildman–Crippen MR) is 71.6 cm³/mol. The largest absolute Gasteiger partial charge is 0.359 e. The molecule has 0 saturated heterocycles. The first-order valence-electron chi connectivity index (χ1n) is 5.21. The number of nitrogens with one attached hydrogen (secondary N) is 1. The molecule has 0 radical (unpaired) electrons. The molecule has 0 aliphatic rings. The number of aryl methyl sites for hydroxylation is 1. The molecule has 0 fully saturated rings. The number of rotatable bonds is 3. The van der Waals surface area contributed by atoms with Crippen molar-refractivity contribution in [2.24, 2.45) is 0 Å². The number of carbonyl (C=O) groups excluding carboxylic acids is 1. The van der Waals surface area contributed by atoms with Crippen LogP contribution in [-0.4, -0.2) is 11.1 Å². The molecule has 0 saturated carbocycles. The van der Waals surface area contributed by atoms with Crippen LogP contribution >= 0.6 is 27.5 Å². The second kappa shape index (κ2) is 5.54. The van der Waals surface area contributed by atoms with Gasteiger partial charge in [0.15, 0.2) is 5.76 Å². The van der Waals surface area contributed by atoms with Gasteiger partial charge in [0.1, 0.15) is 0 Å². The Morgan fingerprint density at radius 2 is 2.22 bits per heavy atom. The minimum absolute atomic E-state index is 0.216. The van der Waals surface area contributed by atoms with E-state index in [-0.39, 0.29) is 5.91 Å². The van der Waals surface area contributed by atoms with Gasteiger partial charge >= 0.3 is 0 Å². The normalized spacial score (nSPS) is 10.4. The fourth-order valence-electron chi connectivity index (χ4n) is 1.45. The van der Waals surface area contributed by atoms with E-state index in [0.29, 0.717) is 22.9 Å². The van der Waals surface area contributed by atoms with Crippen molar-refractivity contribution < 1.29 is 9.32 Å². The van der Waals surface area contributed by atoms with Crippen LogP contribution in [0, 0.1) is 6.92 Å². The van der Waals surface area contributed by atoms with Crippen molar-refractivity contribution in [3.63, 3.8) is 0 Å². The molecule has 0 atom stereocenters. The zero-order valence-electron chi connectivity index (χ0n) is 9.54. The first-order valence-corrected chi connectivity index (χ1v) is 6.38. The molecule has 2 aromatic rings. The topological polar surface area (TPSA) is 55.1 Å². The van der Waals surface area contributed by atoms with E-state index >= 15 is 0 Å². The molecule has 1 aromatic heterocycles. The van der Waals surface area contributed by atoms with Crippen molar-refractivity contribution in [2.45, 2.75) is 13.5 Å². The van der Waals surface area contributed by atoms with Crippen LogP contribution in [-0.2, 0) is 6.54 Å². The third-order valence-corrected chi connectivity index (χ3v) is 2.90. The molecule has 0 aliphatic heterocycles. The monoisotopic (exact) mass is 328 g/mol. The summed E-state index contributed by atoms with van der Waals surface area (Å²) in [6.07, 6.45) is 0. The highest BCUT2D eigenvalue weighted by molar-refractivity contribution is 9.10. The molecule has 0 spiro atoms. The van der Waals surface area contributed by atoms with E-state index in [9.17, 15) is 4.79 Å². The van der Waals surface area contributed by atoms with Gasteiger partial charge in [0.25, 0.3) is 5.91 Å². The fraction of sp³-hybridized carbons (Fsp3) is 0.167. The Kier molecular flexibility index (Phi) is 4.04. The van der Waals surface area contributed by atoms with Gasteiger partial charge < -0.3 is 9.84 Å². The number of aromatic nitrogens is 1. The Bertz CT molecular complexity index is 563. The minimum Gasteiger partial charge on any atom is -0.359 e. The SMILES string of the molecule is Cc1cc(CNC(=O)c2cc(Cl)cc(Br)c2)on1. The van der Waals surface area contributed by atoms with Crippen molar-refractivity contribution >= 4 is 33.4 Å². The van der Waals surface area contributed by atoms with Gasteiger partial charge in [0.2, 0.25) is 0 Å². The summed E-state index contributed by atoms with van der Waals surface area (Å²) in [5, 5.41) is 6.98. The molecule has 18 heavy (non-hydrogen) atoms. The van der Waals surface area contributed by atoms with E-state index in [2.05, 4.69) is 26.4 Å². The second-order valence-electron chi connectivity index (χ2n) is 3.78. The Morgan fingerprint density at radius 1 is 1.44 bits per heavy atom. The molecule has 1 aromatic carbocycles. The third-order valence-electron chi connectivity index (χ3n) is 2.22. The molecule has 2 rings (SSSR count). The summed E-state index contributed by atoms with van der Waals surface area (Å²) in [4.78, 5) is 11.9. The maximum Gasteiger partial charge on any atom is 0.251 e. The number of hydrogen-bond donors (Lipinski definition) is 1. The summed E-state index contributed by atoms with van der Waals surface area (Å²) in [6, 6.07) is 6.80. The van der Waals surface area contributed by atoms with Gasteiger partial charge in [0.05, 0.1) is 12.2 Å². The standard InChI is InChI=1S/C12H10BrClN2O2/c1-7-2-11(18-16-7)6-15-12(17)8-3-9(13)5-10(14)4-8/h2-5H,6H2,1H3,(H,15,17). The molecule has 1 N–H and O–H groups in total. The van der Waals surface area contributed by atoms with Crippen LogP contribution in [0.1, 0.15) is 21.8 Å². The Morgan fingerprint density at radius 3 is 2.83 bits per heavy atom. The summed E-state index contributed by atoms with van der Waals surface area (Å²) in [5.74, 6) is 0.397. The highest BCUT2D eigenvalue weighted by Gasteiger charge is 2.09. The van der Waals surface area contributed by atoms with E-state index in [1.54, 1.807) is 24.3 Å². The van der Waals surface area contributed by atoms with Gasteiger partial charge in [-0.1, -0.05) is 32.7 Å². The van der Waals surface area contributed by atoms with E-state index in [0.717, 1.165) is 10.2 Å². The van der Waals surface area contributed by atoms with Crippen molar-refractivity contribution in [2.75, 3.05) is 0 Å². The fourth-order valence-corrected chi connectivity index (χ4v) is 2.31. The number of halogens is 2. The predicted octanol–water partition coefficient (Wildman–Crippen LogP) is 3.33. The lowest BCUT2D eigenvalue weighted by atomic mass is 10.2. The average Bonchev–Trinajstić information content (AvgIpc) is 2.70. The highest BCUT2D eigenvalue weighted by atomic mass is 79.9. The Balaban J connectivity index is 2.03. The first-order chi connectivity index (χ1) is 8.54. The third kappa shape index (κ3) is 3.34. The van der Waals surface area contributed by atoms with Gasteiger partial charge in [-0.15, -0.1) is 0 Å². The van der Waals surface area contributed by atoms with E-state index < -0.39 is 0 Å². The lowest BCUT2D eigenvalue weighted by molar-refractivity contribution is 0.0947. The molecular weight excluding hydrogens is 320 g/mol. The summed E-state index contributed by atoms with van der Waals surface area (Å²) in [5.41, 5.74) is 1.27. The smallest absolute Gasteiger partial charge is 0.251 e. The lowest BCUT2D eigenvalue weighted by Gasteiger charge is -2.04. The lowest BCUT2D eigenvalue weighted by Crippen LogP contribution is -2.22. The highest BCUT2D eigenvalue weighted by Crippen LogP contribution is 2.19. The number of hydrogen-bond acceptors (Lipinski definition) is 3. The van der Waals surface area contributed by atoms with Gasteiger partial charge in [-0.2, -0.15) is 0 Å². The summed E-state index contributed by atoms with van der Waals surface area (Å²) >= 11 is 9.16. The summed E-state index contributed by atoms with van der Waals surface area (Å²) < 4.78 is 5.76. The van der Waals surface area contributed by atoms with Crippen LogP contribution in [0.25, 0.3) is 0 Å². The Labute approximate surface area is 117 Å². The van der Waals surface area contributed by atoms with Crippen LogP contribution in [0.5, 0.6) is 0 Å². The molecular formula is C12H10BrClN2O2. The summed E-state index contributed by atoms with van der Waals surface area (Å²) in [7, 11) is 0. The number of carbonyl (C=O) groups is 1. The van der Waals surface area contributed by atoms with Crippen molar-refractivity contribution in [3.8, 4) is 0 Å². The maximum absolute atomic E-state index is 11.9. The van der Waals surface area contributed by atoms with Gasteiger partial charge in [-0.05, 0) is 25.1 Å². The zero-order chi connectivity index (χ0) is 13.1. The molecule has 94 valence electrons. The zero-order valence-corrected chi connectivity index (χ0v) is 11.9. The Hall–Kier alpha value is -1.33. The first kappa shape index (κ1) is 13.1. The van der Waals surface area contributed by atoms with E-state index in [1.165, 1.54) is 0 Å².